The largest absolute Gasteiger partial charge is 0.462 e. The molecule has 0 aliphatic heterocycles. The van der Waals surface area contributed by atoms with Crippen molar-refractivity contribution in [3.63, 3.8) is 0 Å². The Kier molecular flexibility index (Phi) is 50.6. The number of allylic oxidation sites excluding steroid dienone is 22. The summed E-state index contributed by atoms with van der Waals surface area (Å²) < 4.78 is 16.8. The summed E-state index contributed by atoms with van der Waals surface area (Å²) in [5.41, 5.74) is 0. The van der Waals surface area contributed by atoms with Crippen molar-refractivity contribution in [3.8, 4) is 0 Å². The van der Waals surface area contributed by atoms with Crippen molar-refractivity contribution in [2.45, 2.75) is 219 Å². The maximum absolute atomic E-state index is 12.8. The lowest BCUT2D eigenvalue weighted by Crippen LogP contribution is -2.30. The predicted molar refractivity (Wildman–Crippen MR) is 288 cm³/mol. The number of esters is 3. The summed E-state index contributed by atoms with van der Waals surface area (Å²) in [7, 11) is 0. The quantitative estimate of drug-likeness (QED) is 0.0199. The van der Waals surface area contributed by atoms with Crippen LogP contribution in [-0.4, -0.2) is 37.2 Å². The fraction of sp³-hybridized carbons (Fsp3) is 0.590. The molecule has 0 spiro atoms. The number of rotatable bonds is 46. The molecular formula is C61H96O6. The minimum Gasteiger partial charge on any atom is -0.462 e. The molecule has 0 aromatic carbocycles. The molecule has 0 aromatic heterocycles. The van der Waals surface area contributed by atoms with Gasteiger partial charge in [-0.25, -0.2) is 0 Å². The molecule has 376 valence electrons. The highest BCUT2D eigenvalue weighted by Gasteiger charge is 2.19. The summed E-state index contributed by atoms with van der Waals surface area (Å²) in [6.07, 6.45) is 75.7. The standard InChI is InChI=1S/C61H96O6/c1-4-7-10-13-16-19-22-25-28-30-31-34-36-39-42-45-48-51-54-60(63)66-57-58(56-65-59(62)53-50-47-44-41-38-35-32-27-24-21-18-15-12-9-6-3)67-61(64)55-52-49-46-43-40-37-33-29-26-23-20-17-14-11-8-5-2/h8-9,11-12,15-22,24-26,28-31,34,37,40,58H,4-7,10,13-14,23,27,32-33,35-36,38-39,41-57H2,1-3H3/b11-8-,12-9-,18-15-,19-16-,20-17-,24-21-,25-22-,29-26-,30-28-,34-31-,40-37-. The van der Waals surface area contributed by atoms with Gasteiger partial charge in [0.05, 0.1) is 0 Å². The summed E-state index contributed by atoms with van der Waals surface area (Å²) in [6.45, 7) is 6.28. The van der Waals surface area contributed by atoms with E-state index in [2.05, 4.69) is 154 Å². The van der Waals surface area contributed by atoms with E-state index in [0.29, 0.717) is 19.3 Å². The first-order valence-electron chi connectivity index (χ1n) is 26.8. The van der Waals surface area contributed by atoms with Crippen LogP contribution in [0.1, 0.15) is 213 Å². The Balaban J connectivity index is 4.54. The Morgan fingerprint density at radius 1 is 0.328 bits per heavy atom. The predicted octanol–water partition coefficient (Wildman–Crippen LogP) is 17.9. The lowest BCUT2D eigenvalue weighted by atomic mass is 10.1. The Hall–Kier alpha value is -4.45. The van der Waals surface area contributed by atoms with E-state index in [9.17, 15) is 14.4 Å². The average molecular weight is 925 g/mol. The topological polar surface area (TPSA) is 78.9 Å². The van der Waals surface area contributed by atoms with Gasteiger partial charge in [-0.1, -0.05) is 225 Å². The van der Waals surface area contributed by atoms with Crippen LogP contribution in [0.15, 0.2) is 134 Å². The number of carbonyl (C=O) groups is 3. The molecule has 67 heavy (non-hydrogen) atoms. The maximum atomic E-state index is 12.8. The highest BCUT2D eigenvalue weighted by molar-refractivity contribution is 5.71. The molecule has 0 N–H and O–H groups in total. The number of unbranched alkanes of at least 4 members (excludes halogenated alkanes) is 18. The van der Waals surface area contributed by atoms with Gasteiger partial charge in [0.1, 0.15) is 13.2 Å². The van der Waals surface area contributed by atoms with Crippen LogP contribution in [0.5, 0.6) is 0 Å². The monoisotopic (exact) mass is 925 g/mol. The van der Waals surface area contributed by atoms with Crippen molar-refractivity contribution >= 4 is 17.9 Å². The molecule has 6 nitrogen and oxygen atoms in total. The third kappa shape index (κ3) is 52.4. The van der Waals surface area contributed by atoms with Gasteiger partial charge in [-0.05, 0) is 103 Å². The molecule has 0 radical (unpaired) electrons. The third-order valence-electron chi connectivity index (χ3n) is 10.8. The van der Waals surface area contributed by atoms with E-state index >= 15 is 0 Å². The van der Waals surface area contributed by atoms with E-state index in [1.807, 2.05) is 0 Å². The Morgan fingerprint density at radius 2 is 0.657 bits per heavy atom. The molecule has 0 fully saturated rings. The van der Waals surface area contributed by atoms with E-state index < -0.39 is 6.10 Å². The molecule has 0 saturated carbocycles. The fourth-order valence-corrected chi connectivity index (χ4v) is 6.80. The Labute approximate surface area is 411 Å². The lowest BCUT2D eigenvalue weighted by molar-refractivity contribution is -0.167. The van der Waals surface area contributed by atoms with Crippen molar-refractivity contribution in [2.75, 3.05) is 13.2 Å². The summed E-state index contributed by atoms with van der Waals surface area (Å²) in [6, 6.07) is 0. The third-order valence-corrected chi connectivity index (χ3v) is 10.8. The normalized spacial score (nSPS) is 13.2. The summed E-state index contributed by atoms with van der Waals surface area (Å²) in [5, 5.41) is 0. The zero-order valence-corrected chi connectivity index (χ0v) is 42.9. The van der Waals surface area contributed by atoms with Crippen molar-refractivity contribution in [1.29, 1.82) is 0 Å². The van der Waals surface area contributed by atoms with Crippen LogP contribution >= 0.6 is 0 Å². The first kappa shape index (κ1) is 62.5. The van der Waals surface area contributed by atoms with Crippen LogP contribution in [0.25, 0.3) is 0 Å². The highest BCUT2D eigenvalue weighted by Crippen LogP contribution is 2.13. The number of carbonyl (C=O) groups excluding carboxylic acids is 3. The van der Waals surface area contributed by atoms with Crippen LogP contribution in [0.4, 0.5) is 0 Å². The van der Waals surface area contributed by atoms with E-state index in [1.165, 1.54) is 44.9 Å². The van der Waals surface area contributed by atoms with Crippen molar-refractivity contribution < 1.29 is 28.6 Å². The van der Waals surface area contributed by atoms with E-state index in [4.69, 9.17) is 14.2 Å². The van der Waals surface area contributed by atoms with E-state index in [-0.39, 0.29) is 37.5 Å². The zero-order chi connectivity index (χ0) is 48.6. The summed E-state index contributed by atoms with van der Waals surface area (Å²) in [5.74, 6) is -0.984. The first-order chi connectivity index (χ1) is 33.0. The molecule has 1 unspecified atom stereocenters. The van der Waals surface area contributed by atoms with Gasteiger partial charge < -0.3 is 14.2 Å². The van der Waals surface area contributed by atoms with Gasteiger partial charge in [0.25, 0.3) is 0 Å². The molecular weight excluding hydrogens is 829 g/mol. The molecule has 0 heterocycles. The Morgan fingerprint density at radius 3 is 1.10 bits per heavy atom. The summed E-state index contributed by atoms with van der Waals surface area (Å²) >= 11 is 0. The van der Waals surface area contributed by atoms with Crippen LogP contribution in [-0.2, 0) is 28.6 Å². The molecule has 0 amide bonds. The van der Waals surface area contributed by atoms with Gasteiger partial charge in [-0.3, -0.25) is 14.4 Å². The molecule has 1 atom stereocenters. The van der Waals surface area contributed by atoms with E-state index in [0.717, 1.165) is 122 Å². The fourth-order valence-electron chi connectivity index (χ4n) is 6.80. The zero-order valence-electron chi connectivity index (χ0n) is 42.9. The molecule has 0 bridgehead atoms. The van der Waals surface area contributed by atoms with Gasteiger partial charge in [-0.2, -0.15) is 0 Å². The second-order valence-electron chi connectivity index (χ2n) is 17.2. The second-order valence-corrected chi connectivity index (χ2v) is 17.2. The molecule has 0 aliphatic carbocycles. The minimum atomic E-state index is -0.815. The van der Waals surface area contributed by atoms with Gasteiger partial charge in [0.15, 0.2) is 6.10 Å². The molecule has 0 saturated heterocycles. The molecule has 0 aromatic rings. The summed E-state index contributed by atoms with van der Waals surface area (Å²) in [4.78, 5) is 38.1. The van der Waals surface area contributed by atoms with Gasteiger partial charge in [0.2, 0.25) is 0 Å². The highest BCUT2D eigenvalue weighted by atomic mass is 16.6. The molecule has 6 heteroatoms. The van der Waals surface area contributed by atoms with E-state index in [1.54, 1.807) is 0 Å². The first-order valence-corrected chi connectivity index (χ1v) is 26.8. The van der Waals surface area contributed by atoms with Gasteiger partial charge in [0, 0.05) is 19.3 Å². The number of hydrogen-bond donors (Lipinski definition) is 0. The van der Waals surface area contributed by atoms with Crippen LogP contribution in [0.2, 0.25) is 0 Å². The second kappa shape index (κ2) is 54.2. The maximum Gasteiger partial charge on any atom is 0.306 e. The van der Waals surface area contributed by atoms with Crippen molar-refractivity contribution in [3.05, 3.63) is 134 Å². The van der Waals surface area contributed by atoms with Crippen molar-refractivity contribution in [1.82, 2.24) is 0 Å². The lowest BCUT2D eigenvalue weighted by Gasteiger charge is -2.18. The average Bonchev–Trinajstić information content (AvgIpc) is 3.33. The van der Waals surface area contributed by atoms with Crippen LogP contribution in [0, 0.1) is 0 Å². The van der Waals surface area contributed by atoms with Crippen molar-refractivity contribution in [2.24, 2.45) is 0 Å². The molecule has 0 rings (SSSR count). The smallest absolute Gasteiger partial charge is 0.306 e. The molecule has 0 aliphatic rings. The van der Waals surface area contributed by atoms with Gasteiger partial charge in [-0.15, -0.1) is 0 Å². The van der Waals surface area contributed by atoms with Crippen LogP contribution < -0.4 is 0 Å². The SMILES string of the molecule is CC\C=C/C=C\C=C/CCCCCCCCCC(=O)OCC(COC(=O)CCCCCCC\C=C/C=C\C=C/C=C\CCCCC)OC(=O)CCCCC/C=C\C/C=C\C/C=C\C/C=C\CC. The Bertz CT molecular complexity index is 1480. The number of ether oxygens (including phenoxy) is 3. The van der Waals surface area contributed by atoms with Gasteiger partial charge >= 0.3 is 17.9 Å². The minimum absolute atomic E-state index is 0.110. The number of hydrogen-bond acceptors (Lipinski definition) is 6. The van der Waals surface area contributed by atoms with Crippen LogP contribution in [0.3, 0.4) is 0 Å².